The molecule has 0 N–H and O–H groups in total. The lowest BCUT2D eigenvalue weighted by atomic mass is 9.90. The second-order valence-corrected chi connectivity index (χ2v) is 12.1. The summed E-state index contributed by atoms with van der Waals surface area (Å²) in [4.78, 5) is 31.8. The van der Waals surface area contributed by atoms with Crippen molar-refractivity contribution < 1.29 is 49.1 Å². The normalized spacial score (nSPS) is 24.0. The van der Waals surface area contributed by atoms with Crippen LogP contribution in [0, 0.1) is 0 Å². The molecular formula is C31H33F9N4O2. The number of piperidine rings is 1. The number of hydrogen-bond acceptors (Lipinski definition) is 4. The van der Waals surface area contributed by atoms with Gasteiger partial charge in [0.15, 0.2) is 0 Å². The van der Waals surface area contributed by atoms with E-state index in [0.29, 0.717) is 64.0 Å². The van der Waals surface area contributed by atoms with Crippen molar-refractivity contribution in [3.05, 3.63) is 70.8 Å². The fraction of sp³-hybridized carbons (Fsp3) is 0.548. The number of carbonyl (C=O) groups is 2. The highest BCUT2D eigenvalue weighted by Crippen LogP contribution is 2.37. The first-order valence-corrected chi connectivity index (χ1v) is 15.0. The summed E-state index contributed by atoms with van der Waals surface area (Å²) in [6.45, 7) is 2.45. The molecule has 0 aliphatic carbocycles. The number of halogens is 9. The zero-order valence-electron chi connectivity index (χ0n) is 24.6. The highest BCUT2D eigenvalue weighted by molar-refractivity contribution is 5.95. The highest BCUT2D eigenvalue weighted by atomic mass is 19.4. The van der Waals surface area contributed by atoms with Crippen molar-refractivity contribution in [3.63, 3.8) is 0 Å². The number of rotatable bonds is 5. The molecule has 0 aromatic heterocycles. The summed E-state index contributed by atoms with van der Waals surface area (Å²) < 4.78 is 120. The molecule has 2 aromatic rings. The van der Waals surface area contributed by atoms with Gasteiger partial charge in [-0.2, -0.15) is 39.5 Å². The lowest BCUT2D eigenvalue weighted by Gasteiger charge is -2.47. The van der Waals surface area contributed by atoms with Gasteiger partial charge in [-0.1, -0.05) is 30.3 Å². The lowest BCUT2D eigenvalue weighted by molar-refractivity contribution is -0.184. The average molecular weight is 665 g/mol. The zero-order chi connectivity index (χ0) is 33.4. The molecule has 252 valence electrons. The molecule has 15 heteroatoms. The molecule has 3 atom stereocenters. The molecule has 3 fully saturated rings. The molecule has 2 amide bonds. The summed E-state index contributed by atoms with van der Waals surface area (Å²) in [5.41, 5.74) is -2.92. The van der Waals surface area contributed by atoms with Crippen LogP contribution < -0.4 is 0 Å². The Bertz CT molecular complexity index is 1360. The first kappa shape index (κ1) is 34.0. The van der Waals surface area contributed by atoms with Crippen LogP contribution in [0.25, 0.3) is 0 Å². The van der Waals surface area contributed by atoms with E-state index in [4.69, 9.17) is 0 Å². The molecule has 46 heavy (non-hydrogen) atoms. The topological polar surface area (TPSA) is 47.1 Å². The van der Waals surface area contributed by atoms with Crippen molar-refractivity contribution in [1.29, 1.82) is 0 Å². The van der Waals surface area contributed by atoms with Crippen LogP contribution in [0.1, 0.15) is 46.3 Å². The quantitative estimate of drug-likeness (QED) is 0.384. The maximum absolute atomic E-state index is 13.6. The van der Waals surface area contributed by atoms with Gasteiger partial charge in [0.25, 0.3) is 5.91 Å². The Morgan fingerprint density at radius 1 is 0.696 bits per heavy atom. The van der Waals surface area contributed by atoms with Crippen molar-refractivity contribution in [2.24, 2.45) is 0 Å². The molecule has 3 aliphatic heterocycles. The van der Waals surface area contributed by atoms with Crippen molar-refractivity contribution in [2.75, 3.05) is 45.8 Å². The van der Waals surface area contributed by atoms with E-state index in [1.165, 1.54) is 4.90 Å². The van der Waals surface area contributed by atoms with E-state index < -0.39 is 53.1 Å². The number of amides is 2. The molecule has 3 heterocycles. The van der Waals surface area contributed by atoms with E-state index in [1.807, 2.05) is 12.1 Å². The van der Waals surface area contributed by atoms with Crippen molar-refractivity contribution in [2.45, 2.75) is 62.3 Å². The number of likely N-dealkylation sites (tertiary alicyclic amines) is 2. The Labute approximate surface area is 259 Å². The van der Waals surface area contributed by atoms with Crippen LogP contribution in [0.15, 0.2) is 48.5 Å². The third-order valence-electron chi connectivity index (χ3n) is 9.17. The van der Waals surface area contributed by atoms with Crippen LogP contribution in [0.5, 0.6) is 0 Å². The van der Waals surface area contributed by atoms with Gasteiger partial charge in [-0.3, -0.25) is 19.4 Å². The fourth-order valence-electron chi connectivity index (χ4n) is 6.82. The van der Waals surface area contributed by atoms with Crippen LogP contribution in [0.2, 0.25) is 0 Å². The minimum absolute atomic E-state index is 0.00139. The molecule has 3 unspecified atom stereocenters. The first-order valence-electron chi connectivity index (χ1n) is 15.0. The first-order chi connectivity index (χ1) is 21.5. The van der Waals surface area contributed by atoms with Crippen LogP contribution >= 0.6 is 0 Å². The Morgan fingerprint density at radius 3 is 1.78 bits per heavy atom. The minimum atomic E-state index is -5.08. The molecule has 0 bridgehead atoms. The van der Waals surface area contributed by atoms with Gasteiger partial charge in [0, 0.05) is 69.5 Å². The minimum Gasteiger partial charge on any atom is -0.335 e. The van der Waals surface area contributed by atoms with Gasteiger partial charge < -0.3 is 9.80 Å². The summed E-state index contributed by atoms with van der Waals surface area (Å²) in [5.74, 6) is -2.74. The van der Waals surface area contributed by atoms with E-state index >= 15 is 0 Å². The summed E-state index contributed by atoms with van der Waals surface area (Å²) in [6.07, 6.45) is -13.4. The predicted molar refractivity (Wildman–Crippen MR) is 149 cm³/mol. The fourth-order valence-corrected chi connectivity index (χ4v) is 6.82. The second kappa shape index (κ2) is 13.1. The summed E-state index contributed by atoms with van der Waals surface area (Å²) in [7, 11) is 0. The van der Waals surface area contributed by atoms with Crippen LogP contribution in [-0.2, 0) is 23.6 Å². The average Bonchev–Trinajstić information content (AvgIpc) is 3.50. The Balaban J connectivity index is 1.29. The number of nitrogens with zero attached hydrogens (tertiary/aromatic N) is 4. The van der Waals surface area contributed by atoms with Gasteiger partial charge >= 0.3 is 24.4 Å². The predicted octanol–water partition coefficient (Wildman–Crippen LogP) is 5.72. The van der Waals surface area contributed by atoms with Gasteiger partial charge in [0.2, 0.25) is 0 Å². The number of alkyl halides is 9. The molecule has 0 saturated carbocycles. The second-order valence-electron chi connectivity index (χ2n) is 12.1. The monoisotopic (exact) mass is 664 g/mol. The summed E-state index contributed by atoms with van der Waals surface area (Å²) in [6, 6.07) is 9.30. The molecule has 0 radical (unpaired) electrons. The van der Waals surface area contributed by atoms with Crippen LogP contribution in [0.4, 0.5) is 39.5 Å². The van der Waals surface area contributed by atoms with Crippen molar-refractivity contribution in [3.8, 4) is 0 Å². The van der Waals surface area contributed by atoms with E-state index in [2.05, 4.69) is 9.80 Å². The van der Waals surface area contributed by atoms with Crippen LogP contribution in [-0.4, -0.2) is 102 Å². The Kier molecular flexibility index (Phi) is 9.65. The maximum Gasteiger partial charge on any atom is 0.471 e. The largest absolute Gasteiger partial charge is 0.471 e. The van der Waals surface area contributed by atoms with Gasteiger partial charge in [-0.15, -0.1) is 0 Å². The molecule has 0 spiro atoms. The van der Waals surface area contributed by atoms with Gasteiger partial charge in [0.05, 0.1) is 11.1 Å². The third kappa shape index (κ3) is 7.79. The molecule has 3 aliphatic rings. The number of carbonyl (C=O) groups excluding carboxylic acids is 2. The van der Waals surface area contributed by atoms with Gasteiger partial charge in [-0.05, 0) is 49.4 Å². The highest BCUT2D eigenvalue weighted by Gasteiger charge is 2.46. The Morgan fingerprint density at radius 2 is 1.24 bits per heavy atom. The molecule has 2 aromatic carbocycles. The van der Waals surface area contributed by atoms with E-state index in [9.17, 15) is 49.1 Å². The summed E-state index contributed by atoms with van der Waals surface area (Å²) in [5, 5.41) is 0. The number of hydrogen-bond donors (Lipinski definition) is 0. The van der Waals surface area contributed by atoms with Crippen molar-refractivity contribution >= 4 is 11.8 Å². The lowest BCUT2D eigenvalue weighted by Crippen LogP contribution is -2.58. The van der Waals surface area contributed by atoms with E-state index in [0.717, 1.165) is 10.5 Å². The SMILES string of the molecule is O=C(c1cc(C(F)(F)F)cc(C(F)(F)F)c1)N1CCC(N2CCN(C3CCN(C(=O)C(F)(F)F)C3)CC2)CC1Cc1ccccc1. The molecular weight excluding hydrogens is 631 g/mol. The van der Waals surface area contributed by atoms with E-state index in [1.54, 1.807) is 18.2 Å². The number of benzene rings is 2. The molecule has 3 saturated heterocycles. The van der Waals surface area contributed by atoms with Crippen LogP contribution in [0.3, 0.4) is 0 Å². The number of piperazine rings is 1. The molecule has 6 nitrogen and oxygen atoms in total. The standard InChI is InChI=1S/C31H33F9N4O2/c32-29(33,34)22-15-21(16-23(17-22)30(35,36)37)27(45)44-9-7-24(18-26(44)14-20-4-2-1-3-5-20)41-10-12-42(13-11-41)25-6-8-43(19-25)28(46)31(38,39)40/h1-5,15-17,24-26H,6-14,18-19H2. The van der Waals surface area contributed by atoms with Gasteiger partial charge in [0.1, 0.15) is 0 Å². The molecule has 5 rings (SSSR count). The smallest absolute Gasteiger partial charge is 0.335 e. The zero-order valence-corrected chi connectivity index (χ0v) is 24.6. The third-order valence-corrected chi connectivity index (χ3v) is 9.17. The van der Waals surface area contributed by atoms with Gasteiger partial charge in [-0.25, -0.2) is 0 Å². The maximum atomic E-state index is 13.6. The Hall–Kier alpha value is -3.33. The summed E-state index contributed by atoms with van der Waals surface area (Å²) >= 11 is 0. The van der Waals surface area contributed by atoms with Crippen molar-refractivity contribution in [1.82, 2.24) is 19.6 Å². The van der Waals surface area contributed by atoms with E-state index in [-0.39, 0.29) is 37.8 Å².